The fourth-order valence-corrected chi connectivity index (χ4v) is 1.98. The normalized spacial score (nSPS) is 12.6. The number of hydrogen-bond acceptors (Lipinski definition) is 3. The Bertz CT molecular complexity index is 508. The zero-order valence-electron chi connectivity index (χ0n) is 10.4. The average Bonchev–Trinajstić information content (AvgIpc) is 2.29. The van der Waals surface area contributed by atoms with Crippen LogP contribution in [-0.4, -0.2) is 11.0 Å². The molecule has 2 rings (SSSR count). The quantitative estimate of drug-likeness (QED) is 0.790. The van der Waals surface area contributed by atoms with Crippen molar-refractivity contribution in [1.29, 1.82) is 0 Å². The summed E-state index contributed by atoms with van der Waals surface area (Å²) in [6.07, 6.45) is 2.33. The van der Waals surface area contributed by atoms with Gasteiger partial charge in [0.2, 0.25) is 0 Å². The number of aromatic nitrogens is 1. The number of fused-ring (bicyclic) bond motifs is 1. The van der Waals surface area contributed by atoms with E-state index in [0.717, 1.165) is 28.8 Å². The summed E-state index contributed by atoms with van der Waals surface area (Å²) in [6, 6.07) is 10.3. The lowest BCUT2D eigenvalue weighted by Gasteiger charge is -2.13. The third-order valence-corrected chi connectivity index (χ3v) is 2.83. The number of anilines is 2. The Morgan fingerprint density at radius 2 is 2.12 bits per heavy atom. The predicted octanol–water partition coefficient (Wildman–Crippen LogP) is 3.42. The van der Waals surface area contributed by atoms with Crippen LogP contribution in [0.15, 0.2) is 30.3 Å². The molecule has 1 aromatic heterocycles. The molecule has 17 heavy (non-hydrogen) atoms. The van der Waals surface area contributed by atoms with Crippen LogP contribution in [0.1, 0.15) is 26.7 Å². The van der Waals surface area contributed by atoms with E-state index in [1.807, 2.05) is 24.3 Å². The molecule has 0 aliphatic heterocycles. The van der Waals surface area contributed by atoms with E-state index in [1.54, 1.807) is 0 Å². The third-order valence-electron chi connectivity index (χ3n) is 2.83. The first-order valence-electron chi connectivity index (χ1n) is 6.12. The van der Waals surface area contributed by atoms with Crippen molar-refractivity contribution in [3.63, 3.8) is 0 Å². The minimum atomic E-state index is 0.457. The van der Waals surface area contributed by atoms with Crippen molar-refractivity contribution in [3.05, 3.63) is 30.3 Å². The molecule has 3 N–H and O–H groups in total. The van der Waals surface area contributed by atoms with Crippen LogP contribution in [0.3, 0.4) is 0 Å². The number of rotatable bonds is 4. The Balaban J connectivity index is 2.23. The molecule has 0 saturated carbocycles. The Kier molecular flexibility index (Phi) is 3.47. The van der Waals surface area contributed by atoms with Gasteiger partial charge < -0.3 is 11.1 Å². The maximum atomic E-state index is 5.74. The maximum Gasteiger partial charge on any atom is 0.126 e. The number of nitrogens with one attached hydrogen (secondary N) is 1. The maximum absolute atomic E-state index is 5.74. The lowest BCUT2D eigenvalue weighted by atomic mass is 10.2. The second-order valence-corrected chi connectivity index (χ2v) is 4.48. The molecule has 0 fully saturated rings. The summed E-state index contributed by atoms with van der Waals surface area (Å²) in [4.78, 5) is 4.57. The van der Waals surface area contributed by atoms with Crippen LogP contribution >= 0.6 is 0 Å². The number of pyridine rings is 1. The molecular formula is C14H19N3. The first-order chi connectivity index (χ1) is 8.19. The van der Waals surface area contributed by atoms with Gasteiger partial charge in [-0.1, -0.05) is 13.3 Å². The van der Waals surface area contributed by atoms with Gasteiger partial charge in [0.15, 0.2) is 0 Å². The molecule has 0 bridgehead atoms. The molecule has 0 aliphatic rings. The second-order valence-electron chi connectivity index (χ2n) is 4.48. The van der Waals surface area contributed by atoms with Gasteiger partial charge >= 0.3 is 0 Å². The molecule has 0 saturated heterocycles. The van der Waals surface area contributed by atoms with Crippen molar-refractivity contribution in [2.75, 3.05) is 11.1 Å². The molecule has 1 aromatic carbocycles. The molecule has 0 amide bonds. The van der Waals surface area contributed by atoms with E-state index in [0.29, 0.717) is 6.04 Å². The van der Waals surface area contributed by atoms with Crippen molar-refractivity contribution >= 4 is 22.4 Å². The summed E-state index contributed by atoms with van der Waals surface area (Å²) >= 11 is 0. The Morgan fingerprint density at radius 1 is 1.29 bits per heavy atom. The van der Waals surface area contributed by atoms with Gasteiger partial charge in [-0.2, -0.15) is 0 Å². The van der Waals surface area contributed by atoms with Gasteiger partial charge in [-0.05, 0) is 43.7 Å². The molecule has 3 nitrogen and oxygen atoms in total. The van der Waals surface area contributed by atoms with Gasteiger partial charge in [0, 0.05) is 17.1 Å². The number of nitrogen functional groups attached to an aromatic ring is 1. The van der Waals surface area contributed by atoms with E-state index >= 15 is 0 Å². The van der Waals surface area contributed by atoms with Crippen LogP contribution in [0, 0.1) is 0 Å². The Hall–Kier alpha value is -1.77. The minimum absolute atomic E-state index is 0.457. The van der Waals surface area contributed by atoms with Gasteiger partial charge in [0.05, 0.1) is 5.52 Å². The largest absolute Gasteiger partial charge is 0.399 e. The van der Waals surface area contributed by atoms with Crippen LogP contribution < -0.4 is 11.1 Å². The van der Waals surface area contributed by atoms with Gasteiger partial charge in [-0.25, -0.2) is 4.98 Å². The van der Waals surface area contributed by atoms with Crippen LogP contribution in [0.4, 0.5) is 11.5 Å². The van der Waals surface area contributed by atoms with Gasteiger partial charge in [-0.15, -0.1) is 0 Å². The summed E-state index contributed by atoms with van der Waals surface area (Å²) in [7, 11) is 0. The van der Waals surface area contributed by atoms with Crippen molar-refractivity contribution in [2.24, 2.45) is 0 Å². The summed E-state index contributed by atoms with van der Waals surface area (Å²) in [5, 5.41) is 4.49. The van der Waals surface area contributed by atoms with Crippen molar-refractivity contribution in [1.82, 2.24) is 4.98 Å². The standard InChI is InChI=1S/C14H19N3/c1-3-4-10(2)16-14-8-5-11-9-12(15)6-7-13(11)17-14/h5-10H,3-4,15H2,1-2H3,(H,16,17). The molecule has 0 spiro atoms. The smallest absolute Gasteiger partial charge is 0.126 e. The summed E-state index contributed by atoms with van der Waals surface area (Å²) < 4.78 is 0. The highest BCUT2D eigenvalue weighted by Gasteiger charge is 2.02. The van der Waals surface area contributed by atoms with Crippen molar-refractivity contribution in [3.8, 4) is 0 Å². The highest BCUT2D eigenvalue weighted by atomic mass is 15.0. The monoisotopic (exact) mass is 229 g/mol. The molecule has 90 valence electrons. The number of nitrogens with two attached hydrogens (primary N) is 1. The molecule has 1 heterocycles. The van der Waals surface area contributed by atoms with E-state index in [1.165, 1.54) is 6.42 Å². The predicted molar refractivity (Wildman–Crippen MR) is 74.1 cm³/mol. The lowest BCUT2D eigenvalue weighted by Crippen LogP contribution is -2.15. The van der Waals surface area contributed by atoms with Gasteiger partial charge in [0.25, 0.3) is 0 Å². The molecule has 1 atom stereocenters. The second kappa shape index (κ2) is 5.04. The SMILES string of the molecule is CCCC(C)Nc1ccc2cc(N)ccc2n1. The molecule has 3 heteroatoms. The fraction of sp³-hybridized carbons (Fsp3) is 0.357. The van der Waals surface area contributed by atoms with Crippen LogP contribution in [0.2, 0.25) is 0 Å². The van der Waals surface area contributed by atoms with Crippen molar-refractivity contribution in [2.45, 2.75) is 32.7 Å². The highest BCUT2D eigenvalue weighted by Crippen LogP contribution is 2.18. The zero-order chi connectivity index (χ0) is 12.3. The molecular weight excluding hydrogens is 210 g/mol. The van der Waals surface area contributed by atoms with Crippen LogP contribution in [0.5, 0.6) is 0 Å². The Labute approximate surface area is 102 Å². The molecule has 0 aliphatic carbocycles. The highest BCUT2D eigenvalue weighted by molar-refractivity contribution is 5.83. The fourth-order valence-electron chi connectivity index (χ4n) is 1.98. The van der Waals surface area contributed by atoms with E-state index in [-0.39, 0.29) is 0 Å². The lowest BCUT2D eigenvalue weighted by molar-refractivity contribution is 0.688. The van der Waals surface area contributed by atoms with Crippen LogP contribution in [0.25, 0.3) is 10.9 Å². The third kappa shape index (κ3) is 2.87. The molecule has 1 unspecified atom stereocenters. The summed E-state index contributed by atoms with van der Waals surface area (Å²) in [5.74, 6) is 0.934. The number of nitrogens with zero attached hydrogens (tertiary/aromatic N) is 1. The van der Waals surface area contributed by atoms with E-state index < -0.39 is 0 Å². The summed E-state index contributed by atoms with van der Waals surface area (Å²) in [5.41, 5.74) is 7.50. The average molecular weight is 229 g/mol. The number of benzene rings is 1. The first kappa shape index (κ1) is 11.7. The van der Waals surface area contributed by atoms with E-state index in [4.69, 9.17) is 5.73 Å². The van der Waals surface area contributed by atoms with E-state index in [9.17, 15) is 0 Å². The van der Waals surface area contributed by atoms with Gasteiger partial charge in [-0.3, -0.25) is 0 Å². The van der Waals surface area contributed by atoms with Crippen LogP contribution in [-0.2, 0) is 0 Å². The molecule has 0 radical (unpaired) electrons. The summed E-state index contributed by atoms with van der Waals surface area (Å²) in [6.45, 7) is 4.37. The topological polar surface area (TPSA) is 50.9 Å². The van der Waals surface area contributed by atoms with Gasteiger partial charge in [0.1, 0.15) is 5.82 Å². The zero-order valence-corrected chi connectivity index (χ0v) is 10.4. The van der Waals surface area contributed by atoms with Crippen molar-refractivity contribution < 1.29 is 0 Å². The first-order valence-corrected chi connectivity index (χ1v) is 6.12. The molecule has 2 aromatic rings. The minimum Gasteiger partial charge on any atom is -0.399 e. The Morgan fingerprint density at radius 3 is 2.88 bits per heavy atom. The number of hydrogen-bond donors (Lipinski definition) is 2. The van der Waals surface area contributed by atoms with E-state index in [2.05, 4.69) is 30.2 Å².